The van der Waals surface area contributed by atoms with Gasteiger partial charge in [-0.2, -0.15) is 0 Å². The van der Waals surface area contributed by atoms with Crippen molar-refractivity contribution in [3.05, 3.63) is 165 Å². The van der Waals surface area contributed by atoms with E-state index in [-0.39, 0.29) is 46.7 Å². The van der Waals surface area contributed by atoms with Crippen molar-refractivity contribution in [3.8, 4) is 45.3 Å². The van der Waals surface area contributed by atoms with Crippen molar-refractivity contribution in [2.45, 2.75) is 78.1 Å². The van der Waals surface area contributed by atoms with Gasteiger partial charge in [0, 0.05) is 36.8 Å². The molecule has 0 saturated carbocycles. The molecule has 0 unspecified atom stereocenters. The molecule has 0 atom stereocenters. The Bertz CT molecular complexity index is 2120. The van der Waals surface area contributed by atoms with Crippen LogP contribution >= 0.6 is 0 Å². The van der Waals surface area contributed by atoms with Crippen LogP contribution in [0.15, 0.2) is 109 Å². The summed E-state index contributed by atoms with van der Waals surface area (Å²) in [6.45, 7) is 12.9. The minimum Gasteiger partial charge on any atom is -0.507 e. The second kappa shape index (κ2) is 13.2. The molecule has 1 aliphatic rings. The highest BCUT2D eigenvalue weighted by Gasteiger charge is 2.26. The quantitative estimate of drug-likeness (QED) is 0.146. The van der Waals surface area contributed by atoms with Crippen LogP contribution in [0.2, 0.25) is 0 Å². The summed E-state index contributed by atoms with van der Waals surface area (Å²) in [7, 11) is 0. The molecule has 0 aromatic heterocycles. The van der Waals surface area contributed by atoms with Crippen molar-refractivity contribution in [1.29, 1.82) is 0 Å². The molecule has 1 aliphatic carbocycles. The largest absolute Gasteiger partial charge is 0.507 e. The lowest BCUT2D eigenvalue weighted by Crippen LogP contribution is -2.13. The van der Waals surface area contributed by atoms with Gasteiger partial charge >= 0.3 is 0 Å². The highest BCUT2D eigenvalue weighted by molar-refractivity contribution is 5.74. The SMILES string of the molecule is CC(C)(C)c1cc2c(O)c(c1)Cc1c(-c3ccccc3)ccc(c1O)Cc1cc(C(C)(C)C)cc(c1O)Cc1c(-c3ccccc3)ccc(c1O)C2. The molecule has 0 heterocycles. The smallest absolute Gasteiger partial charge is 0.123 e. The van der Waals surface area contributed by atoms with E-state index in [2.05, 4.69) is 65.8 Å². The van der Waals surface area contributed by atoms with Crippen LogP contribution in [0.25, 0.3) is 22.3 Å². The van der Waals surface area contributed by atoms with Crippen LogP contribution in [0.3, 0.4) is 0 Å². The zero-order valence-electron chi connectivity index (χ0n) is 31.0. The van der Waals surface area contributed by atoms with E-state index in [0.29, 0.717) is 57.3 Å². The monoisotopic (exact) mass is 688 g/mol. The average molecular weight is 689 g/mol. The average Bonchev–Trinajstić information content (AvgIpc) is 3.10. The van der Waals surface area contributed by atoms with Crippen LogP contribution < -0.4 is 0 Å². The molecule has 4 N–H and O–H groups in total. The Morgan fingerprint density at radius 3 is 1.02 bits per heavy atom. The Hall–Kier alpha value is -5.48. The number of hydrogen-bond acceptors (Lipinski definition) is 4. The molecule has 8 bridgehead atoms. The van der Waals surface area contributed by atoms with E-state index in [0.717, 1.165) is 33.4 Å². The molecule has 6 aromatic rings. The molecular formula is C48H48O4. The van der Waals surface area contributed by atoms with E-state index in [1.165, 1.54) is 0 Å². The molecule has 0 spiro atoms. The van der Waals surface area contributed by atoms with Gasteiger partial charge in [0.2, 0.25) is 0 Å². The van der Waals surface area contributed by atoms with Crippen molar-refractivity contribution < 1.29 is 20.4 Å². The van der Waals surface area contributed by atoms with Crippen LogP contribution in [-0.4, -0.2) is 20.4 Å². The van der Waals surface area contributed by atoms with Crippen LogP contribution in [-0.2, 0) is 36.5 Å². The Balaban J connectivity index is 1.54. The topological polar surface area (TPSA) is 80.9 Å². The molecular weight excluding hydrogens is 641 g/mol. The third kappa shape index (κ3) is 6.66. The minimum absolute atomic E-state index is 0.159. The first kappa shape index (κ1) is 34.9. The molecule has 0 radical (unpaired) electrons. The van der Waals surface area contributed by atoms with E-state index in [4.69, 9.17) is 0 Å². The fourth-order valence-electron chi connectivity index (χ4n) is 7.51. The van der Waals surface area contributed by atoms with Gasteiger partial charge in [-0.1, -0.05) is 151 Å². The van der Waals surface area contributed by atoms with Gasteiger partial charge in [0.05, 0.1) is 0 Å². The van der Waals surface area contributed by atoms with E-state index >= 15 is 0 Å². The zero-order valence-corrected chi connectivity index (χ0v) is 31.0. The number of hydrogen-bond donors (Lipinski definition) is 4. The molecule has 4 heteroatoms. The van der Waals surface area contributed by atoms with Gasteiger partial charge in [-0.3, -0.25) is 0 Å². The highest BCUT2D eigenvalue weighted by atomic mass is 16.3. The van der Waals surface area contributed by atoms with Gasteiger partial charge in [-0.25, -0.2) is 0 Å². The third-order valence-electron chi connectivity index (χ3n) is 10.7. The summed E-state index contributed by atoms with van der Waals surface area (Å²) in [4.78, 5) is 0. The van der Waals surface area contributed by atoms with Crippen molar-refractivity contribution >= 4 is 0 Å². The van der Waals surface area contributed by atoms with Crippen molar-refractivity contribution in [1.82, 2.24) is 0 Å². The van der Waals surface area contributed by atoms with E-state index in [1.54, 1.807) is 0 Å². The van der Waals surface area contributed by atoms with Gasteiger partial charge < -0.3 is 20.4 Å². The number of fused-ring (bicyclic) bond motifs is 8. The van der Waals surface area contributed by atoms with E-state index in [9.17, 15) is 20.4 Å². The molecule has 264 valence electrons. The number of rotatable bonds is 2. The molecule has 0 amide bonds. The summed E-state index contributed by atoms with van der Waals surface area (Å²) >= 11 is 0. The predicted octanol–water partition coefficient (Wildman–Crippen LogP) is 11.1. The fourth-order valence-corrected chi connectivity index (χ4v) is 7.51. The highest BCUT2D eigenvalue weighted by Crippen LogP contribution is 2.44. The minimum atomic E-state index is -0.223. The third-order valence-corrected chi connectivity index (χ3v) is 10.7. The van der Waals surface area contributed by atoms with Gasteiger partial charge in [-0.05, 0) is 77.6 Å². The molecule has 6 aromatic carbocycles. The van der Waals surface area contributed by atoms with E-state index in [1.807, 2.05) is 84.9 Å². The summed E-state index contributed by atoms with van der Waals surface area (Å²) in [5, 5.41) is 48.5. The number of benzene rings is 6. The molecule has 0 aliphatic heterocycles. The lowest BCUT2D eigenvalue weighted by Gasteiger charge is -2.25. The predicted molar refractivity (Wildman–Crippen MR) is 212 cm³/mol. The first-order valence-electron chi connectivity index (χ1n) is 18.2. The maximum atomic E-state index is 12.2. The maximum Gasteiger partial charge on any atom is 0.123 e. The summed E-state index contributed by atoms with van der Waals surface area (Å²) in [6, 6.07) is 36.2. The molecule has 52 heavy (non-hydrogen) atoms. The molecule has 0 saturated heterocycles. The van der Waals surface area contributed by atoms with Crippen LogP contribution in [0.4, 0.5) is 0 Å². The van der Waals surface area contributed by atoms with Gasteiger partial charge in [-0.15, -0.1) is 0 Å². The summed E-state index contributed by atoms with van der Waals surface area (Å²) in [6.07, 6.45) is 1.17. The van der Waals surface area contributed by atoms with Crippen molar-refractivity contribution in [3.63, 3.8) is 0 Å². The molecule has 0 fully saturated rings. The van der Waals surface area contributed by atoms with Gasteiger partial charge in [0.15, 0.2) is 0 Å². The first-order valence-corrected chi connectivity index (χ1v) is 18.2. The van der Waals surface area contributed by atoms with Crippen LogP contribution in [0.1, 0.15) is 97.2 Å². The second-order valence-electron chi connectivity index (χ2n) is 16.4. The Morgan fingerprint density at radius 1 is 0.365 bits per heavy atom. The van der Waals surface area contributed by atoms with Gasteiger partial charge in [0.1, 0.15) is 23.0 Å². The Labute approximate surface area is 307 Å². The van der Waals surface area contributed by atoms with Crippen LogP contribution in [0, 0.1) is 0 Å². The van der Waals surface area contributed by atoms with Crippen LogP contribution in [0.5, 0.6) is 23.0 Å². The lowest BCUT2D eigenvalue weighted by molar-refractivity contribution is 0.449. The molecule has 4 nitrogen and oxygen atoms in total. The van der Waals surface area contributed by atoms with Gasteiger partial charge in [0.25, 0.3) is 0 Å². The van der Waals surface area contributed by atoms with E-state index < -0.39 is 0 Å². The number of phenolic OH excluding ortho intramolecular Hbond substituents is 4. The number of aromatic hydroxyl groups is 4. The maximum absolute atomic E-state index is 12.2. The second-order valence-corrected chi connectivity index (χ2v) is 16.4. The molecule has 7 rings (SSSR count). The lowest BCUT2D eigenvalue weighted by atomic mass is 9.80. The first-order chi connectivity index (χ1) is 24.7. The summed E-state index contributed by atoms with van der Waals surface area (Å²) in [5.41, 5.74) is 11.0. The standard InChI is InChI=1S/C48H48O4/c1-47(2,3)37-23-33-21-31-17-19-40(30-15-11-8-12-16-30)42(45(31)51)28-36-26-38(48(4,5)6)24-34(44(36)50)22-32-18-20-39(29-13-9-7-10-14-29)41(46(32)52)27-35(25-37)43(33)49/h7-20,23-26,49-52H,21-22,27-28H2,1-6H3. The normalized spacial score (nSPS) is 13.2. The fraction of sp³-hybridized carbons (Fsp3) is 0.250. The summed E-state index contributed by atoms with van der Waals surface area (Å²) in [5.74, 6) is 0.642. The Morgan fingerprint density at radius 2 is 0.692 bits per heavy atom. The van der Waals surface area contributed by atoms with Crippen molar-refractivity contribution in [2.75, 3.05) is 0 Å². The van der Waals surface area contributed by atoms with Crippen molar-refractivity contribution in [2.24, 2.45) is 0 Å². The Kier molecular flexibility index (Phi) is 8.90. The zero-order chi connectivity index (χ0) is 36.9. The number of phenols is 4. The summed E-state index contributed by atoms with van der Waals surface area (Å²) < 4.78 is 0.